The van der Waals surface area contributed by atoms with Crippen molar-refractivity contribution in [1.29, 1.82) is 5.26 Å². The van der Waals surface area contributed by atoms with Crippen molar-refractivity contribution < 1.29 is 4.79 Å². The van der Waals surface area contributed by atoms with E-state index in [4.69, 9.17) is 5.26 Å². The molecule has 0 aromatic carbocycles. The van der Waals surface area contributed by atoms with Gasteiger partial charge in [-0.1, -0.05) is 0 Å². The smallest absolute Gasteiger partial charge is 0.225 e. The van der Waals surface area contributed by atoms with Crippen LogP contribution in [-0.2, 0) is 4.79 Å². The van der Waals surface area contributed by atoms with E-state index in [1.165, 1.54) is 0 Å². The molecule has 1 aliphatic rings. The largest absolute Gasteiger partial charge is 0.357 e. The molecule has 1 aliphatic heterocycles. The molecule has 0 saturated carbocycles. The zero-order valence-electron chi connectivity index (χ0n) is 11.3. The average Bonchev–Trinajstić information content (AvgIpc) is 2.46. The van der Waals surface area contributed by atoms with Crippen molar-refractivity contribution in [3.05, 3.63) is 23.9 Å². The van der Waals surface area contributed by atoms with E-state index in [1.807, 2.05) is 6.07 Å². The molecule has 0 bridgehead atoms. The van der Waals surface area contributed by atoms with Gasteiger partial charge in [0, 0.05) is 39.3 Å². The second-order valence-corrected chi connectivity index (χ2v) is 5.01. The fourth-order valence-corrected chi connectivity index (χ4v) is 2.36. The lowest BCUT2D eigenvalue weighted by Gasteiger charge is -2.33. The third kappa shape index (κ3) is 3.02. The molecule has 0 atom stereocenters. The molecule has 5 nitrogen and oxygen atoms in total. The summed E-state index contributed by atoms with van der Waals surface area (Å²) >= 11 is 0. The Bertz CT molecular complexity index is 481. The molecule has 0 aliphatic carbocycles. The van der Waals surface area contributed by atoms with Crippen LogP contribution in [-0.4, -0.2) is 43.0 Å². The maximum absolute atomic E-state index is 11.9. The first-order valence-corrected chi connectivity index (χ1v) is 6.44. The molecule has 2 rings (SSSR count). The summed E-state index contributed by atoms with van der Waals surface area (Å²) < 4.78 is 0. The molecule has 0 N–H and O–H groups in total. The minimum Gasteiger partial charge on any atom is -0.357 e. The van der Waals surface area contributed by atoms with E-state index in [1.54, 1.807) is 31.3 Å². The van der Waals surface area contributed by atoms with Crippen LogP contribution in [0.1, 0.15) is 18.4 Å². The first-order chi connectivity index (χ1) is 9.11. The van der Waals surface area contributed by atoms with Crippen LogP contribution in [0.25, 0.3) is 0 Å². The summed E-state index contributed by atoms with van der Waals surface area (Å²) in [5.41, 5.74) is 0.571. The zero-order valence-corrected chi connectivity index (χ0v) is 11.3. The Hall–Kier alpha value is -2.09. The van der Waals surface area contributed by atoms with Crippen LogP contribution in [0.4, 0.5) is 5.82 Å². The molecule has 1 aromatic heterocycles. The number of hydrogen-bond acceptors (Lipinski definition) is 4. The molecule has 0 unspecified atom stereocenters. The van der Waals surface area contributed by atoms with Crippen LogP contribution in [0.3, 0.4) is 0 Å². The first kappa shape index (κ1) is 13.3. The SMILES string of the molecule is CN(C)C(=O)C1CCN(c2ccc(C#N)cn2)CC1. The highest BCUT2D eigenvalue weighted by Gasteiger charge is 2.26. The molecule has 19 heavy (non-hydrogen) atoms. The highest BCUT2D eigenvalue weighted by Crippen LogP contribution is 2.22. The van der Waals surface area contributed by atoms with Crippen LogP contribution in [0.5, 0.6) is 0 Å². The molecule has 100 valence electrons. The third-order valence-corrected chi connectivity index (χ3v) is 3.49. The Morgan fingerprint density at radius 2 is 2.11 bits per heavy atom. The number of carbonyl (C=O) groups excluding carboxylic acids is 1. The monoisotopic (exact) mass is 258 g/mol. The van der Waals surface area contributed by atoms with Gasteiger partial charge in [-0.15, -0.1) is 0 Å². The summed E-state index contributed by atoms with van der Waals surface area (Å²) in [7, 11) is 3.60. The number of nitrogens with zero attached hydrogens (tertiary/aromatic N) is 4. The molecule has 0 spiro atoms. The summed E-state index contributed by atoms with van der Waals surface area (Å²) in [6.45, 7) is 1.67. The van der Waals surface area contributed by atoms with E-state index >= 15 is 0 Å². The third-order valence-electron chi connectivity index (χ3n) is 3.49. The van der Waals surface area contributed by atoms with Gasteiger partial charge in [-0.3, -0.25) is 4.79 Å². The number of hydrogen-bond donors (Lipinski definition) is 0. The summed E-state index contributed by atoms with van der Waals surface area (Å²) in [6.07, 6.45) is 3.31. The van der Waals surface area contributed by atoms with Crippen LogP contribution in [0, 0.1) is 17.2 Å². The fraction of sp³-hybridized carbons (Fsp3) is 0.500. The lowest BCUT2D eigenvalue weighted by molar-refractivity contribution is -0.133. The number of aromatic nitrogens is 1. The summed E-state index contributed by atoms with van der Waals surface area (Å²) in [6, 6.07) is 5.71. The first-order valence-electron chi connectivity index (χ1n) is 6.44. The molecule has 1 amide bonds. The van der Waals surface area contributed by atoms with Crippen molar-refractivity contribution in [1.82, 2.24) is 9.88 Å². The summed E-state index contributed by atoms with van der Waals surface area (Å²) in [5, 5.41) is 8.74. The molecular weight excluding hydrogens is 240 g/mol. The van der Waals surface area contributed by atoms with Crippen molar-refractivity contribution in [2.75, 3.05) is 32.1 Å². The van der Waals surface area contributed by atoms with E-state index in [0.717, 1.165) is 31.7 Å². The maximum Gasteiger partial charge on any atom is 0.225 e. The average molecular weight is 258 g/mol. The number of amides is 1. The predicted molar refractivity (Wildman–Crippen MR) is 72.6 cm³/mol. The van der Waals surface area contributed by atoms with E-state index < -0.39 is 0 Å². The van der Waals surface area contributed by atoms with E-state index in [-0.39, 0.29) is 11.8 Å². The number of anilines is 1. The summed E-state index contributed by atoms with van der Waals surface area (Å²) in [5.74, 6) is 1.23. The van der Waals surface area contributed by atoms with Crippen LogP contribution >= 0.6 is 0 Å². The van der Waals surface area contributed by atoms with Gasteiger partial charge in [0.05, 0.1) is 5.56 Å². The van der Waals surface area contributed by atoms with Gasteiger partial charge in [0.15, 0.2) is 0 Å². The second kappa shape index (κ2) is 5.70. The second-order valence-electron chi connectivity index (χ2n) is 5.01. The van der Waals surface area contributed by atoms with Gasteiger partial charge in [-0.2, -0.15) is 5.26 Å². The van der Waals surface area contributed by atoms with Crippen molar-refractivity contribution in [2.45, 2.75) is 12.8 Å². The van der Waals surface area contributed by atoms with E-state index in [9.17, 15) is 4.79 Å². The van der Waals surface area contributed by atoms with Crippen molar-refractivity contribution >= 4 is 11.7 Å². The van der Waals surface area contributed by atoms with Gasteiger partial charge < -0.3 is 9.80 Å². The molecule has 0 radical (unpaired) electrons. The lowest BCUT2D eigenvalue weighted by atomic mass is 9.95. The normalized spacial score (nSPS) is 15.9. The Morgan fingerprint density at radius 1 is 1.42 bits per heavy atom. The van der Waals surface area contributed by atoms with Gasteiger partial charge in [-0.25, -0.2) is 4.98 Å². The van der Waals surface area contributed by atoms with Gasteiger partial charge in [0.2, 0.25) is 5.91 Å². The van der Waals surface area contributed by atoms with Crippen molar-refractivity contribution in [2.24, 2.45) is 5.92 Å². The van der Waals surface area contributed by atoms with Crippen molar-refractivity contribution in [3.8, 4) is 6.07 Å². The zero-order chi connectivity index (χ0) is 13.8. The fourth-order valence-electron chi connectivity index (χ4n) is 2.36. The van der Waals surface area contributed by atoms with E-state index in [0.29, 0.717) is 5.56 Å². The Morgan fingerprint density at radius 3 is 2.58 bits per heavy atom. The minimum absolute atomic E-state index is 0.129. The number of rotatable bonds is 2. The highest BCUT2D eigenvalue weighted by molar-refractivity contribution is 5.78. The molecule has 1 aromatic rings. The molecule has 1 saturated heterocycles. The van der Waals surface area contributed by atoms with Crippen LogP contribution < -0.4 is 4.90 Å². The maximum atomic E-state index is 11.9. The number of carbonyl (C=O) groups is 1. The summed E-state index contributed by atoms with van der Waals surface area (Å²) in [4.78, 5) is 20.0. The van der Waals surface area contributed by atoms with Crippen LogP contribution in [0.2, 0.25) is 0 Å². The quantitative estimate of drug-likeness (QED) is 0.801. The molecule has 2 heterocycles. The van der Waals surface area contributed by atoms with Gasteiger partial charge in [0.25, 0.3) is 0 Å². The lowest BCUT2D eigenvalue weighted by Crippen LogP contribution is -2.40. The topological polar surface area (TPSA) is 60.2 Å². The van der Waals surface area contributed by atoms with Crippen molar-refractivity contribution in [3.63, 3.8) is 0 Å². The molecule has 5 heteroatoms. The van der Waals surface area contributed by atoms with Gasteiger partial charge in [-0.05, 0) is 25.0 Å². The number of piperidine rings is 1. The molecule has 1 fully saturated rings. The van der Waals surface area contributed by atoms with Gasteiger partial charge >= 0.3 is 0 Å². The van der Waals surface area contributed by atoms with E-state index in [2.05, 4.69) is 16.0 Å². The van der Waals surface area contributed by atoms with Gasteiger partial charge in [0.1, 0.15) is 11.9 Å². The number of pyridine rings is 1. The number of nitriles is 1. The highest BCUT2D eigenvalue weighted by atomic mass is 16.2. The predicted octanol–water partition coefficient (Wildman–Crippen LogP) is 1.26. The Balaban J connectivity index is 1.96. The Labute approximate surface area is 113 Å². The standard InChI is InChI=1S/C14H18N4O/c1-17(2)14(19)12-5-7-18(8-6-12)13-4-3-11(9-15)10-16-13/h3-4,10,12H,5-8H2,1-2H3. The molecular formula is C14H18N4O. The van der Waals surface area contributed by atoms with Crippen LogP contribution in [0.15, 0.2) is 18.3 Å². The Kier molecular flexibility index (Phi) is 4.00. The minimum atomic E-state index is 0.129.